The van der Waals surface area contributed by atoms with Crippen molar-refractivity contribution in [2.75, 3.05) is 7.05 Å². The normalized spacial score (nSPS) is 10.7. The molecule has 0 aliphatic heterocycles. The van der Waals surface area contributed by atoms with E-state index in [9.17, 15) is 0 Å². The van der Waals surface area contributed by atoms with Crippen molar-refractivity contribution in [3.8, 4) is 11.3 Å². The summed E-state index contributed by atoms with van der Waals surface area (Å²) >= 11 is 0. The first-order chi connectivity index (χ1) is 7.72. The molecule has 0 unspecified atom stereocenters. The van der Waals surface area contributed by atoms with Gasteiger partial charge in [0.05, 0.1) is 11.4 Å². The quantitative estimate of drug-likeness (QED) is 0.825. The molecule has 3 heteroatoms. The van der Waals surface area contributed by atoms with E-state index in [1.54, 1.807) is 0 Å². The molecule has 2 aromatic rings. The molecule has 84 valence electrons. The van der Waals surface area contributed by atoms with Gasteiger partial charge in [-0.2, -0.15) is 0 Å². The molecule has 2 rings (SSSR count). The molecule has 2 N–H and O–H groups in total. The van der Waals surface area contributed by atoms with Crippen molar-refractivity contribution in [2.24, 2.45) is 0 Å². The highest BCUT2D eigenvalue weighted by molar-refractivity contribution is 5.65. The lowest BCUT2D eigenvalue weighted by molar-refractivity contribution is 0.796. The van der Waals surface area contributed by atoms with Crippen LogP contribution in [0.3, 0.4) is 0 Å². The zero-order valence-electron chi connectivity index (χ0n) is 9.96. The van der Waals surface area contributed by atoms with Crippen LogP contribution in [0, 0.1) is 13.8 Å². The molecule has 0 aliphatic rings. The van der Waals surface area contributed by atoms with Gasteiger partial charge in [-0.05, 0) is 26.5 Å². The van der Waals surface area contributed by atoms with E-state index in [4.69, 9.17) is 0 Å². The maximum atomic E-state index is 4.56. The standard InChI is InChI=1S/C13H17N3/c1-9-6-4-5-7-11(9)13-12(8-14-3)15-10(2)16-13/h4-7,14H,8H2,1-3H3,(H,15,16). The Hall–Kier alpha value is -1.61. The fourth-order valence-corrected chi connectivity index (χ4v) is 1.91. The van der Waals surface area contributed by atoms with E-state index in [-0.39, 0.29) is 0 Å². The number of rotatable bonds is 3. The second-order valence-corrected chi connectivity index (χ2v) is 3.99. The first-order valence-corrected chi connectivity index (χ1v) is 5.48. The summed E-state index contributed by atoms with van der Waals surface area (Å²) in [5, 5.41) is 3.16. The number of nitrogens with zero attached hydrogens (tertiary/aromatic N) is 1. The van der Waals surface area contributed by atoms with Crippen LogP contribution in [0.5, 0.6) is 0 Å². The third kappa shape index (κ3) is 1.99. The van der Waals surface area contributed by atoms with Gasteiger partial charge in [-0.1, -0.05) is 24.3 Å². The van der Waals surface area contributed by atoms with E-state index in [1.807, 2.05) is 14.0 Å². The average Bonchev–Trinajstić information content (AvgIpc) is 2.61. The smallest absolute Gasteiger partial charge is 0.103 e. The largest absolute Gasteiger partial charge is 0.345 e. The highest BCUT2D eigenvalue weighted by atomic mass is 15.0. The Labute approximate surface area is 95.9 Å². The van der Waals surface area contributed by atoms with Gasteiger partial charge < -0.3 is 10.3 Å². The predicted molar refractivity (Wildman–Crippen MR) is 66.3 cm³/mol. The van der Waals surface area contributed by atoms with Gasteiger partial charge in [0.1, 0.15) is 5.82 Å². The fourth-order valence-electron chi connectivity index (χ4n) is 1.91. The van der Waals surface area contributed by atoms with Gasteiger partial charge in [0, 0.05) is 12.1 Å². The minimum Gasteiger partial charge on any atom is -0.345 e. The molecule has 0 amide bonds. The molecule has 0 spiro atoms. The van der Waals surface area contributed by atoms with Gasteiger partial charge in [-0.3, -0.25) is 0 Å². The first kappa shape index (κ1) is 10.9. The topological polar surface area (TPSA) is 40.7 Å². The summed E-state index contributed by atoms with van der Waals surface area (Å²) in [6.07, 6.45) is 0. The molecule has 0 saturated heterocycles. The number of H-pyrrole nitrogens is 1. The van der Waals surface area contributed by atoms with E-state index in [2.05, 4.69) is 46.5 Å². The predicted octanol–water partition coefficient (Wildman–Crippen LogP) is 2.41. The van der Waals surface area contributed by atoms with Crippen LogP contribution in [-0.2, 0) is 6.54 Å². The number of aromatic amines is 1. The molecule has 0 radical (unpaired) electrons. The van der Waals surface area contributed by atoms with Gasteiger partial charge in [0.2, 0.25) is 0 Å². The van der Waals surface area contributed by atoms with Crippen molar-refractivity contribution in [3.05, 3.63) is 41.3 Å². The molecule has 16 heavy (non-hydrogen) atoms. The summed E-state index contributed by atoms with van der Waals surface area (Å²) in [5.41, 5.74) is 4.67. The Bertz CT molecular complexity index is 486. The summed E-state index contributed by atoms with van der Waals surface area (Å²) in [4.78, 5) is 7.86. The summed E-state index contributed by atoms with van der Waals surface area (Å²) in [5.74, 6) is 0.962. The lowest BCUT2D eigenvalue weighted by Gasteiger charge is -2.05. The Balaban J connectivity index is 2.51. The molecule has 1 aromatic carbocycles. The van der Waals surface area contributed by atoms with Crippen molar-refractivity contribution >= 4 is 0 Å². The minimum atomic E-state index is 0.810. The van der Waals surface area contributed by atoms with Gasteiger partial charge in [0.15, 0.2) is 0 Å². The molecular weight excluding hydrogens is 198 g/mol. The molecular formula is C13H17N3. The lowest BCUT2D eigenvalue weighted by atomic mass is 10.0. The van der Waals surface area contributed by atoms with E-state index in [0.29, 0.717) is 0 Å². The molecule has 0 atom stereocenters. The number of hydrogen-bond acceptors (Lipinski definition) is 2. The molecule has 0 aliphatic carbocycles. The lowest BCUT2D eigenvalue weighted by Crippen LogP contribution is -2.06. The van der Waals surface area contributed by atoms with Crippen LogP contribution in [0.25, 0.3) is 11.3 Å². The van der Waals surface area contributed by atoms with Crippen molar-refractivity contribution in [3.63, 3.8) is 0 Å². The number of nitrogens with one attached hydrogen (secondary N) is 2. The summed E-state index contributed by atoms with van der Waals surface area (Å²) < 4.78 is 0. The van der Waals surface area contributed by atoms with Gasteiger partial charge in [-0.25, -0.2) is 4.98 Å². The van der Waals surface area contributed by atoms with Crippen LogP contribution in [0.2, 0.25) is 0 Å². The number of hydrogen-bond donors (Lipinski definition) is 2. The number of aryl methyl sites for hydroxylation is 2. The van der Waals surface area contributed by atoms with Gasteiger partial charge in [0.25, 0.3) is 0 Å². The molecule has 1 aromatic heterocycles. The van der Waals surface area contributed by atoms with Gasteiger partial charge in [-0.15, -0.1) is 0 Å². The van der Waals surface area contributed by atoms with Crippen LogP contribution in [0.4, 0.5) is 0 Å². The number of aromatic nitrogens is 2. The second kappa shape index (κ2) is 4.49. The number of imidazole rings is 1. The SMILES string of the molecule is CNCc1[nH]c(C)nc1-c1ccccc1C. The van der Waals surface area contributed by atoms with E-state index >= 15 is 0 Å². The Morgan fingerprint density at radius 2 is 2.00 bits per heavy atom. The highest BCUT2D eigenvalue weighted by Crippen LogP contribution is 2.24. The molecule has 0 bridgehead atoms. The van der Waals surface area contributed by atoms with Crippen molar-refractivity contribution in [1.29, 1.82) is 0 Å². The highest BCUT2D eigenvalue weighted by Gasteiger charge is 2.11. The molecule has 0 saturated carbocycles. The van der Waals surface area contributed by atoms with Crippen LogP contribution in [0.15, 0.2) is 24.3 Å². The fraction of sp³-hybridized carbons (Fsp3) is 0.308. The molecule has 0 fully saturated rings. The van der Waals surface area contributed by atoms with E-state index < -0.39 is 0 Å². The first-order valence-electron chi connectivity index (χ1n) is 5.48. The Morgan fingerprint density at radius 1 is 1.25 bits per heavy atom. The maximum absolute atomic E-state index is 4.56. The second-order valence-electron chi connectivity index (χ2n) is 3.99. The van der Waals surface area contributed by atoms with Crippen LogP contribution >= 0.6 is 0 Å². The summed E-state index contributed by atoms with van der Waals surface area (Å²) in [6.45, 7) is 4.91. The van der Waals surface area contributed by atoms with Crippen molar-refractivity contribution in [2.45, 2.75) is 20.4 Å². The van der Waals surface area contributed by atoms with Crippen LogP contribution in [-0.4, -0.2) is 17.0 Å². The third-order valence-electron chi connectivity index (χ3n) is 2.65. The zero-order chi connectivity index (χ0) is 11.5. The van der Waals surface area contributed by atoms with Crippen LogP contribution < -0.4 is 5.32 Å². The zero-order valence-corrected chi connectivity index (χ0v) is 9.96. The monoisotopic (exact) mass is 215 g/mol. The van der Waals surface area contributed by atoms with E-state index in [1.165, 1.54) is 11.1 Å². The Morgan fingerprint density at radius 3 is 2.69 bits per heavy atom. The maximum Gasteiger partial charge on any atom is 0.103 e. The average molecular weight is 215 g/mol. The van der Waals surface area contributed by atoms with Gasteiger partial charge >= 0.3 is 0 Å². The van der Waals surface area contributed by atoms with Crippen molar-refractivity contribution < 1.29 is 0 Å². The molecule has 3 nitrogen and oxygen atoms in total. The Kier molecular flexibility index (Phi) is 3.06. The summed E-state index contributed by atoms with van der Waals surface area (Å²) in [7, 11) is 1.94. The van der Waals surface area contributed by atoms with Crippen molar-refractivity contribution in [1.82, 2.24) is 15.3 Å². The number of benzene rings is 1. The molecule has 1 heterocycles. The van der Waals surface area contributed by atoms with E-state index in [0.717, 1.165) is 23.8 Å². The third-order valence-corrected chi connectivity index (χ3v) is 2.65. The summed E-state index contributed by atoms with van der Waals surface area (Å²) in [6, 6.07) is 8.33. The van der Waals surface area contributed by atoms with Crippen LogP contribution in [0.1, 0.15) is 17.1 Å². The minimum absolute atomic E-state index is 0.810.